The highest BCUT2D eigenvalue weighted by atomic mass is 16.3. The van der Waals surface area contributed by atoms with Crippen LogP contribution in [0.3, 0.4) is 0 Å². The lowest BCUT2D eigenvalue weighted by molar-refractivity contribution is 0.164. The average Bonchev–Trinajstić information content (AvgIpc) is 3.01. The Morgan fingerprint density at radius 2 is 2.15 bits per heavy atom. The van der Waals surface area contributed by atoms with Gasteiger partial charge in [-0.25, -0.2) is 10.8 Å². The lowest BCUT2D eigenvalue weighted by Crippen LogP contribution is -2.18. The first-order valence-electron chi connectivity index (χ1n) is 6.22. The van der Waals surface area contributed by atoms with E-state index in [0.29, 0.717) is 31.3 Å². The summed E-state index contributed by atoms with van der Waals surface area (Å²) in [7, 11) is 0. The van der Waals surface area contributed by atoms with E-state index in [1.54, 1.807) is 0 Å². The van der Waals surface area contributed by atoms with Gasteiger partial charge in [0.25, 0.3) is 5.95 Å². The number of nitrogen functional groups attached to an aromatic ring is 1. The molecule has 0 aromatic carbocycles. The monoisotopic (exact) mass is 279 g/mol. The van der Waals surface area contributed by atoms with Crippen molar-refractivity contribution in [2.24, 2.45) is 5.84 Å². The highest BCUT2D eigenvalue weighted by Crippen LogP contribution is 2.08. The second-order valence-electron chi connectivity index (χ2n) is 4.04. The predicted molar refractivity (Wildman–Crippen MR) is 72.0 cm³/mol. The van der Waals surface area contributed by atoms with Gasteiger partial charge in [0.2, 0.25) is 11.9 Å². The average molecular weight is 279 g/mol. The molecule has 0 amide bonds. The predicted octanol–water partition coefficient (Wildman–Crippen LogP) is -0.689. The standard InChI is InChI=1S/C10H17N9O/c1-2-7(20)3-4-13-8-15-9(18-11)17-10(16-8)19-6-12-5-14-19/h5-7,20H,2-4,11H2,1H3,(H2,13,15,16,17,18). The Morgan fingerprint density at radius 1 is 1.35 bits per heavy atom. The summed E-state index contributed by atoms with van der Waals surface area (Å²) in [6, 6.07) is 0. The number of aliphatic hydroxyl groups excluding tert-OH is 1. The minimum absolute atomic E-state index is 0.212. The van der Waals surface area contributed by atoms with Gasteiger partial charge in [-0.1, -0.05) is 6.92 Å². The molecule has 0 aliphatic rings. The van der Waals surface area contributed by atoms with Crippen molar-refractivity contribution in [1.82, 2.24) is 29.7 Å². The van der Waals surface area contributed by atoms with E-state index in [1.807, 2.05) is 6.92 Å². The summed E-state index contributed by atoms with van der Waals surface area (Å²) in [6.07, 6.45) is 3.82. The quantitative estimate of drug-likeness (QED) is 0.383. The first kappa shape index (κ1) is 14.1. The number of hydrazine groups is 1. The number of hydrogen-bond acceptors (Lipinski definition) is 9. The van der Waals surface area contributed by atoms with Crippen molar-refractivity contribution < 1.29 is 5.11 Å². The van der Waals surface area contributed by atoms with Gasteiger partial charge in [0.1, 0.15) is 12.7 Å². The van der Waals surface area contributed by atoms with Gasteiger partial charge in [0, 0.05) is 6.54 Å². The minimum atomic E-state index is -0.341. The summed E-state index contributed by atoms with van der Waals surface area (Å²) in [4.78, 5) is 16.2. The van der Waals surface area contributed by atoms with Gasteiger partial charge in [-0.05, 0) is 12.8 Å². The van der Waals surface area contributed by atoms with Crippen molar-refractivity contribution >= 4 is 11.9 Å². The minimum Gasteiger partial charge on any atom is -0.393 e. The van der Waals surface area contributed by atoms with Crippen LogP contribution < -0.4 is 16.6 Å². The lowest BCUT2D eigenvalue weighted by atomic mass is 10.2. The molecule has 10 heteroatoms. The first-order valence-corrected chi connectivity index (χ1v) is 6.22. The zero-order valence-corrected chi connectivity index (χ0v) is 11.1. The number of aliphatic hydroxyl groups is 1. The number of aromatic nitrogens is 6. The molecule has 0 saturated carbocycles. The zero-order valence-electron chi connectivity index (χ0n) is 11.1. The zero-order chi connectivity index (χ0) is 14.4. The first-order chi connectivity index (χ1) is 9.72. The number of nitrogens with two attached hydrogens (primary N) is 1. The maximum atomic E-state index is 9.49. The van der Waals surface area contributed by atoms with E-state index < -0.39 is 0 Å². The van der Waals surface area contributed by atoms with Crippen molar-refractivity contribution in [3.8, 4) is 5.95 Å². The van der Waals surface area contributed by atoms with E-state index in [1.165, 1.54) is 17.3 Å². The van der Waals surface area contributed by atoms with E-state index >= 15 is 0 Å². The van der Waals surface area contributed by atoms with Crippen LogP contribution in [0.1, 0.15) is 19.8 Å². The maximum absolute atomic E-state index is 9.49. The molecule has 0 aliphatic heterocycles. The van der Waals surface area contributed by atoms with Crippen LogP contribution in [0.4, 0.5) is 11.9 Å². The Bertz CT molecular complexity index is 530. The highest BCUT2D eigenvalue weighted by molar-refractivity contribution is 5.36. The van der Waals surface area contributed by atoms with E-state index in [4.69, 9.17) is 5.84 Å². The number of rotatable bonds is 7. The molecule has 1 atom stereocenters. The highest BCUT2D eigenvalue weighted by Gasteiger charge is 2.08. The molecular weight excluding hydrogens is 262 g/mol. The molecule has 0 fully saturated rings. The molecule has 0 aliphatic carbocycles. The molecule has 1 unspecified atom stereocenters. The topological polar surface area (TPSA) is 140 Å². The molecule has 20 heavy (non-hydrogen) atoms. The second kappa shape index (κ2) is 6.73. The van der Waals surface area contributed by atoms with Crippen LogP contribution in [-0.4, -0.2) is 47.5 Å². The van der Waals surface area contributed by atoms with Crippen LogP contribution in [0.25, 0.3) is 5.95 Å². The lowest BCUT2D eigenvalue weighted by Gasteiger charge is -2.10. The third-order valence-electron chi connectivity index (χ3n) is 2.61. The Kier molecular flexibility index (Phi) is 4.74. The van der Waals surface area contributed by atoms with Gasteiger partial charge in [-0.3, -0.25) is 5.43 Å². The van der Waals surface area contributed by atoms with Crippen molar-refractivity contribution in [2.45, 2.75) is 25.9 Å². The molecule has 0 bridgehead atoms. The Labute approximate surface area is 115 Å². The molecule has 0 radical (unpaired) electrons. The summed E-state index contributed by atoms with van der Waals surface area (Å²) in [6.45, 7) is 2.46. The van der Waals surface area contributed by atoms with Crippen LogP contribution >= 0.6 is 0 Å². The van der Waals surface area contributed by atoms with E-state index in [-0.39, 0.29) is 12.1 Å². The number of nitrogens with one attached hydrogen (secondary N) is 2. The molecule has 10 nitrogen and oxygen atoms in total. The third kappa shape index (κ3) is 3.59. The Hall–Kier alpha value is -2.33. The van der Waals surface area contributed by atoms with E-state index in [0.717, 1.165) is 0 Å². The van der Waals surface area contributed by atoms with Crippen LogP contribution in [0, 0.1) is 0 Å². The molecule has 2 heterocycles. The molecule has 5 N–H and O–H groups in total. The number of nitrogens with zero attached hydrogens (tertiary/aromatic N) is 6. The van der Waals surface area contributed by atoms with Crippen molar-refractivity contribution in [1.29, 1.82) is 0 Å². The van der Waals surface area contributed by atoms with Crippen LogP contribution in [0.2, 0.25) is 0 Å². The van der Waals surface area contributed by atoms with E-state index in [2.05, 4.69) is 35.8 Å². The van der Waals surface area contributed by atoms with Gasteiger partial charge in [0.15, 0.2) is 0 Å². The SMILES string of the molecule is CCC(O)CCNc1nc(NN)nc(-n2cncn2)n1. The van der Waals surface area contributed by atoms with Crippen molar-refractivity contribution in [2.75, 3.05) is 17.3 Å². The van der Waals surface area contributed by atoms with E-state index in [9.17, 15) is 5.11 Å². The maximum Gasteiger partial charge on any atom is 0.258 e. The van der Waals surface area contributed by atoms with Gasteiger partial charge in [0.05, 0.1) is 6.10 Å². The van der Waals surface area contributed by atoms with Crippen molar-refractivity contribution in [3.05, 3.63) is 12.7 Å². The van der Waals surface area contributed by atoms with Crippen molar-refractivity contribution in [3.63, 3.8) is 0 Å². The molecular formula is C10H17N9O. The summed E-state index contributed by atoms with van der Waals surface area (Å²) in [5.41, 5.74) is 2.37. The molecule has 0 spiro atoms. The Balaban J connectivity index is 2.10. The number of anilines is 2. The fourth-order valence-electron chi connectivity index (χ4n) is 1.48. The Morgan fingerprint density at radius 3 is 2.80 bits per heavy atom. The molecule has 108 valence electrons. The van der Waals surface area contributed by atoms with Gasteiger partial charge < -0.3 is 10.4 Å². The number of hydrogen-bond donors (Lipinski definition) is 4. The largest absolute Gasteiger partial charge is 0.393 e. The smallest absolute Gasteiger partial charge is 0.258 e. The van der Waals surface area contributed by atoms with Gasteiger partial charge in [-0.15, -0.1) is 0 Å². The normalized spacial score (nSPS) is 12.2. The van der Waals surface area contributed by atoms with Crippen LogP contribution in [-0.2, 0) is 0 Å². The molecule has 2 aromatic rings. The van der Waals surface area contributed by atoms with Crippen LogP contribution in [0.15, 0.2) is 12.7 Å². The summed E-state index contributed by atoms with van der Waals surface area (Å²) >= 11 is 0. The fourth-order valence-corrected chi connectivity index (χ4v) is 1.48. The molecule has 2 aromatic heterocycles. The fraction of sp³-hybridized carbons (Fsp3) is 0.500. The summed E-state index contributed by atoms with van der Waals surface area (Å²) < 4.78 is 1.40. The van der Waals surface area contributed by atoms with Crippen LogP contribution in [0.5, 0.6) is 0 Å². The summed E-state index contributed by atoms with van der Waals surface area (Å²) in [5, 5.41) is 16.4. The molecule has 0 saturated heterocycles. The third-order valence-corrected chi connectivity index (χ3v) is 2.61. The summed E-state index contributed by atoms with van der Waals surface area (Å²) in [5.74, 6) is 6.18. The van der Waals surface area contributed by atoms with Gasteiger partial charge >= 0.3 is 0 Å². The molecule has 2 rings (SSSR count). The second-order valence-corrected chi connectivity index (χ2v) is 4.04. The van der Waals surface area contributed by atoms with Gasteiger partial charge in [-0.2, -0.15) is 24.7 Å².